The van der Waals surface area contributed by atoms with Gasteiger partial charge in [0.25, 0.3) is 0 Å². The van der Waals surface area contributed by atoms with Crippen molar-refractivity contribution in [1.29, 1.82) is 5.26 Å². The average Bonchev–Trinajstić information content (AvgIpc) is 2.36. The number of aromatic nitrogens is 1. The molecule has 0 saturated carbocycles. The Labute approximate surface area is 110 Å². The quantitative estimate of drug-likeness (QED) is 0.860. The lowest BCUT2D eigenvalue weighted by Crippen LogP contribution is -1.98. The lowest BCUT2D eigenvalue weighted by Gasteiger charge is -2.09. The second-order valence-electron chi connectivity index (χ2n) is 3.38. The molecule has 3 nitrogen and oxygen atoms in total. The zero-order valence-electron chi connectivity index (χ0n) is 8.92. The van der Waals surface area contributed by atoms with Gasteiger partial charge in [0.05, 0.1) is 15.8 Å². The van der Waals surface area contributed by atoms with Gasteiger partial charge in [-0.05, 0) is 34.1 Å². The SMILES string of the molecule is N#Cc1ncccc1Nc1cc(Br)c(F)cc1F. The first-order valence-corrected chi connectivity index (χ1v) is 5.68. The summed E-state index contributed by atoms with van der Waals surface area (Å²) >= 11 is 2.97. The maximum Gasteiger partial charge on any atom is 0.163 e. The van der Waals surface area contributed by atoms with E-state index in [4.69, 9.17) is 5.26 Å². The molecular formula is C12H6BrF2N3. The summed E-state index contributed by atoms with van der Waals surface area (Å²) in [6, 6.07) is 7.10. The van der Waals surface area contributed by atoms with Crippen LogP contribution in [0.15, 0.2) is 34.9 Å². The zero-order chi connectivity index (χ0) is 13.1. The molecule has 1 aromatic heterocycles. The van der Waals surface area contributed by atoms with Crippen molar-refractivity contribution in [3.05, 3.63) is 52.3 Å². The predicted octanol–water partition coefficient (Wildman–Crippen LogP) is 3.74. The zero-order valence-corrected chi connectivity index (χ0v) is 10.5. The highest BCUT2D eigenvalue weighted by molar-refractivity contribution is 9.10. The third kappa shape index (κ3) is 2.46. The van der Waals surface area contributed by atoms with Gasteiger partial charge < -0.3 is 5.32 Å². The Balaban J connectivity index is 2.41. The van der Waals surface area contributed by atoms with Crippen molar-refractivity contribution in [2.24, 2.45) is 0 Å². The maximum absolute atomic E-state index is 13.5. The van der Waals surface area contributed by atoms with Crippen LogP contribution in [-0.4, -0.2) is 4.98 Å². The Morgan fingerprint density at radius 2 is 2.00 bits per heavy atom. The summed E-state index contributed by atoms with van der Waals surface area (Å²) in [4.78, 5) is 3.83. The number of nitriles is 1. The third-order valence-corrected chi connectivity index (χ3v) is 2.80. The van der Waals surface area contributed by atoms with E-state index in [0.29, 0.717) is 5.69 Å². The van der Waals surface area contributed by atoms with E-state index >= 15 is 0 Å². The number of nitrogens with zero attached hydrogens (tertiary/aromatic N) is 2. The highest BCUT2D eigenvalue weighted by atomic mass is 79.9. The normalized spacial score (nSPS) is 9.89. The number of pyridine rings is 1. The van der Waals surface area contributed by atoms with Gasteiger partial charge in [-0.2, -0.15) is 5.26 Å². The first-order chi connectivity index (χ1) is 8.61. The first-order valence-electron chi connectivity index (χ1n) is 4.88. The van der Waals surface area contributed by atoms with Gasteiger partial charge in [-0.15, -0.1) is 0 Å². The molecule has 1 N–H and O–H groups in total. The number of hydrogen-bond acceptors (Lipinski definition) is 3. The van der Waals surface area contributed by atoms with E-state index in [-0.39, 0.29) is 15.9 Å². The molecule has 0 saturated heterocycles. The molecule has 0 unspecified atom stereocenters. The molecule has 0 radical (unpaired) electrons. The first kappa shape index (κ1) is 12.5. The number of nitrogens with one attached hydrogen (secondary N) is 1. The molecule has 6 heteroatoms. The molecule has 0 atom stereocenters. The summed E-state index contributed by atoms with van der Waals surface area (Å²) < 4.78 is 26.7. The van der Waals surface area contributed by atoms with Crippen molar-refractivity contribution >= 4 is 27.3 Å². The van der Waals surface area contributed by atoms with Gasteiger partial charge in [0.15, 0.2) is 5.69 Å². The molecule has 0 aliphatic carbocycles. The van der Waals surface area contributed by atoms with Crippen LogP contribution in [-0.2, 0) is 0 Å². The van der Waals surface area contributed by atoms with Gasteiger partial charge >= 0.3 is 0 Å². The molecular weight excluding hydrogens is 304 g/mol. The second-order valence-corrected chi connectivity index (χ2v) is 4.24. The molecule has 0 bridgehead atoms. The molecule has 90 valence electrons. The smallest absolute Gasteiger partial charge is 0.163 e. The summed E-state index contributed by atoms with van der Waals surface area (Å²) in [6.07, 6.45) is 1.46. The Bertz CT molecular complexity index is 638. The lowest BCUT2D eigenvalue weighted by atomic mass is 10.2. The minimum Gasteiger partial charge on any atom is -0.351 e. The Hall–Kier alpha value is -2.00. The molecule has 1 aromatic carbocycles. The van der Waals surface area contributed by atoms with Gasteiger partial charge in [-0.3, -0.25) is 0 Å². The fourth-order valence-electron chi connectivity index (χ4n) is 1.36. The van der Waals surface area contributed by atoms with Gasteiger partial charge in [0, 0.05) is 12.3 Å². The molecule has 0 fully saturated rings. The van der Waals surface area contributed by atoms with Gasteiger partial charge in [-0.25, -0.2) is 13.8 Å². The van der Waals surface area contributed by atoms with E-state index in [0.717, 1.165) is 6.07 Å². The number of rotatable bonds is 2. The highest BCUT2D eigenvalue weighted by Crippen LogP contribution is 2.27. The minimum absolute atomic E-state index is 0.0628. The Morgan fingerprint density at radius 3 is 2.72 bits per heavy atom. The molecule has 0 aliphatic heterocycles. The van der Waals surface area contributed by atoms with Crippen molar-refractivity contribution in [3.63, 3.8) is 0 Å². The van der Waals surface area contributed by atoms with Crippen molar-refractivity contribution in [2.75, 3.05) is 5.32 Å². The van der Waals surface area contributed by atoms with E-state index in [2.05, 4.69) is 26.2 Å². The Morgan fingerprint density at radius 1 is 1.22 bits per heavy atom. The van der Waals surface area contributed by atoms with Gasteiger partial charge in [0.2, 0.25) is 0 Å². The standard InChI is InChI=1S/C12H6BrF2N3/c13-7-4-11(9(15)5-8(7)14)18-10-2-1-3-17-12(10)6-16/h1-5,18H. The molecule has 0 aliphatic rings. The fraction of sp³-hybridized carbons (Fsp3) is 0. The van der Waals surface area contributed by atoms with E-state index in [1.165, 1.54) is 12.3 Å². The molecule has 0 amide bonds. The van der Waals surface area contributed by atoms with Crippen LogP contribution < -0.4 is 5.32 Å². The number of benzene rings is 1. The summed E-state index contributed by atoms with van der Waals surface area (Å²) in [6.45, 7) is 0. The van der Waals surface area contributed by atoms with Crippen LogP contribution in [0.5, 0.6) is 0 Å². The van der Waals surface area contributed by atoms with Crippen LogP contribution in [0, 0.1) is 23.0 Å². The van der Waals surface area contributed by atoms with Crippen LogP contribution in [0.3, 0.4) is 0 Å². The van der Waals surface area contributed by atoms with Crippen LogP contribution >= 0.6 is 15.9 Å². The van der Waals surface area contributed by atoms with Gasteiger partial charge in [0.1, 0.15) is 17.7 Å². The second kappa shape index (κ2) is 5.10. The van der Waals surface area contributed by atoms with E-state index in [1.54, 1.807) is 12.1 Å². The monoisotopic (exact) mass is 309 g/mol. The van der Waals surface area contributed by atoms with E-state index in [9.17, 15) is 8.78 Å². The van der Waals surface area contributed by atoms with Crippen LogP contribution in [0.2, 0.25) is 0 Å². The Kier molecular flexibility index (Phi) is 3.53. The summed E-state index contributed by atoms with van der Waals surface area (Å²) in [5, 5.41) is 11.6. The molecule has 0 spiro atoms. The van der Waals surface area contributed by atoms with Crippen molar-refractivity contribution in [2.45, 2.75) is 0 Å². The molecule has 1 heterocycles. The van der Waals surface area contributed by atoms with Gasteiger partial charge in [-0.1, -0.05) is 0 Å². The minimum atomic E-state index is -0.747. The average molecular weight is 310 g/mol. The van der Waals surface area contributed by atoms with E-state index < -0.39 is 11.6 Å². The van der Waals surface area contributed by atoms with Crippen molar-refractivity contribution in [3.8, 4) is 6.07 Å². The predicted molar refractivity (Wildman–Crippen MR) is 66.3 cm³/mol. The number of hydrogen-bond donors (Lipinski definition) is 1. The number of anilines is 2. The fourth-order valence-corrected chi connectivity index (χ4v) is 1.70. The van der Waals surface area contributed by atoms with Crippen molar-refractivity contribution < 1.29 is 8.78 Å². The summed E-state index contributed by atoms with van der Waals surface area (Å²) in [5.41, 5.74) is 0.558. The van der Waals surface area contributed by atoms with Crippen LogP contribution in [0.1, 0.15) is 5.69 Å². The number of halogens is 3. The van der Waals surface area contributed by atoms with Crippen molar-refractivity contribution in [1.82, 2.24) is 4.98 Å². The molecule has 18 heavy (non-hydrogen) atoms. The molecule has 2 rings (SSSR count). The van der Waals surface area contributed by atoms with E-state index in [1.807, 2.05) is 6.07 Å². The lowest BCUT2D eigenvalue weighted by molar-refractivity contribution is 0.581. The van der Waals surface area contributed by atoms with Crippen LogP contribution in [0.4, 0.5) is 20.2 Å². The molecule has 2 aromatic rings. The van der Waals surface area contributed by atoms with Crippen LogP contribution in [0.25, 0.3) is 0 Å². The topological polar surface area (TPSA) is 48.7 Å². The third-order valence-electron chi connectivity index (χ3n) is 2.19. The maximum atomic E-state index is 13.5. The summed E-state index contributed by atoms with van der Waals surface area (Å²) in [7, 11) is 0. The summed E-state index contributed by atoms with van der Waals surface area (Å²) in [5.74, 6) is -1.44. The largest absolute Gasteiger partial charge is 0.351 e. The highest BCUT2D eigenvalue weighted by Gasteiger charge is 2.10.